The zero-order valence-electron chi connectivity index (χ0n) is 5.74. The quantitative estimate of drug-likeness (QED) is 0.573. The van der Waals surface area contributed by atoms with Gasteiger partial charge in [-0.15, -0.1) is 0 Å². The average molecular weight is 139 g/mol. The fraction of sp³-hybridized carbons (Fsp3) is 0.286. The number of allylic oxidation sites excluding steroid dienone is 2. The number of aliphatic carboxylic acids is 1. The maximum Gasteiger partial charge on any atom is 0.352 e. The Kier molecular flexibility index (Phi) is 1.76. The van der Waals surface area contributed by atoms with Crippen molar-refractivity contribution in [1.82, 2.24) is 4.90 Å². The van der Waals surface area contributed by atoms with Crippen LogP contribution in [0.3, 0.4) is 0 Å². The molecule has 0 aliphatic carbocycles. The van der Waals surface area contributed by atoms with Gasteiger partial charge in [0.25, 0.3) is 0 Å². The second-order valence-electron chi connectivity index (χ2n) is 2.17. The van der Waals surface area contributed by atoms with Crippen LogP contribution in [0, 0.1) is 0 Å². The van der Waals surface area contributed by atoms with Gasteiger partial charge in [0.1, 0.15) is 5.70 Å². The summed E-state index contributed by atoms with van der Waals surface area (Å²) in [4.78, 5) is 12.1. The van der Waals surface area contributed by atoms with Crippen LogP contribution in [0.4, 0.5) is 0 Å². The van der Waals surface area contributed by atoms with Crippen molar-refractivity contribution >= 4 is 5.97 Å². The van der Waals surface area contributed by atoms with Crippen molar-refractivity contribution in [3.8, 4) is 0 Å². The van der Waals surface area contributed by atoms with Crippen molar-refractivity contribution in [2.45, 2.75) is 0 Å². The number of carbonyl (C=O) groups is 1. The summed E-state index contributed by atoms with van der Waals surface area (Å²) in [5.41, 5.74) is 0.350. The number of nitrogens with zero attached hydrogens (tertiary/aromatic N) is 1. The van der Waals surface area contributed by atoms with Crippen LogP contribution in [-0.2, 0) is 4.79 Å². The second kappa shape index (κ2) is 2.56. The van der Waals surface area contributed by atoms with Gasteiger partial charge < -0.3 is 10.0 Å². The standard InChI is InChI=1S/C7H9NO2/c1-8-5-3-2-4-6(8)7(9)10/h2-4H,5H2,1H3,(H,9,10). The highest BCUT2D eigenvalue weighted by Gasteiger charge is 2.11. The maximum absolute atomic E-state index is 10.4. The van der Waals surface area contributed by atoms with Gasteiger partial charge in [-0.05, 0) is 6.08 Å². The molecule has 1 rings (SSSR count). The highest BCUT2D eigenvalue weighted by molar-refractivity contribution is 5.86. The highest BCUT2D eigenvalue weighted by atomic mass is 16.4. The van der Waals surface area contributed by atoms with Crippen LogP contribution in [-0.4, -0.2) is 29.6 Å². The molecule has 0 aromatic heterocycles. The summed E-state index contributed by atoms with van der Waals surface area (Å²) >= 11 is 0. The molecule has 0 aromatic carbocycles. The van der Waals surface area contributed by atoms with E-state index in [0.29, 0.717) is 12.2 Å². The Labute approximate surface area is 59.3 Å². The largest absolute Gasteiger partial charge is 0.477 e. The predicted molar refractivity (Wildman–Crippen MR) is 37.5 cm³/mol. The van der Waals surface area contributed by atoms with E-state index < -0.39 is 5.97 Å². The lowest BCUT2D eigenvalue weighted by Crippen LogP contribution is -2.24. The van der Waals surface area contributed by atoms with Crippen molar-refractivity contribution in [3.05, 3.63) is 23.9 Å². The monoisotopic (exact) mass is 139 g/mol. The third kappa shape index (κ3) is 1.18. The van der Waals surface area contributed by atoms with E-state index in [-0.39, 0.29) is 0 Å². The third-order valence-electron chi connectivity index (χ3n) is 1.40. The molecule has 54 valence electrons. The topological polar surface area (TPSA) is 40.5 Å². The lowest BCUT2D eigenvalue weighted by atomic mass is 10.2. The maximum atomic E-state index is 10.4. The van der Waals surface area contributed by atoms with Crippen molar-refractivity contribution in [2.24, 2.45) is 0 Å². The summed E-state index contributed by atoms with van der Waals surface area (Å²) in [7, 11) is 1.75. The Morgan fingerprint density at radius 2 is 2.50 bits per heavy atom. The van der Waals surface area contributed by atoms with E-state index in [9.17, 15) is 4.79 Å². The van der Waals surface area contributed by atoms with Crippen LogP contribution in [0.15, 0.2) is 23.9 Å². The molecule has 0 spiro atoms. The van der Waals surface area contributed by atoms with Crippen LogP contribution < -0.4 is 0 Å². The first-order chi connectivity index (χ1) is 4.72. The zero-order chi connectivity index (χ0) is 7.56. The fourth-order valence-corrected chi connectivity index (χ4v) is 0.838. The van der Waals surface area contributed by atoms with Crippen LogP contribution in [0.1, 0.15) is 0 Å². The van der Waals surface area contributed by atoms with Gasteiger partial charge >= 0.3 is 5.97 Å². The second-order valence-corrected chi connectivity index (χ2v) is 2.17. The van der Waals surface area contributed by atoms with Crippen LogP contribution in [0.5, 0.6) is 0 Å². The minimum atomic E-state index is -0.869. The van der Waals surface area contributed by atoms with Gasteiger partial charge in [-0.25, -0.2) is 4.79 Å². The number of hydrogen-bond donors (Lipinski definition) is 1. The molecule has 3 heteroatoms. The van der Waals surface area contributed by atoms with Crippen molar-refractivity contribution in [3.63, 3.8) is 0 Å². The molecule has 0 bridgehead atoms. The van der Waals surface area contributed by atoms with Crippen molar-refractivity contribution < 1.29 is 9.90 Å². The number of rotatable bonds is 1. The van der Waals surface area contributed by atoms with Crippen LogP contribution >= 0.6 is 0 Å². The van der Waals surface area contributed by atoms with Crippen LogP contribution in [0.2, 0.25) is 0 Å². The first-order valence-electron chi connectivity index (χ1n) is 3.03. The number of likely N-dealkylation sites (N-methyl/N-ethyl adjacent to an activating group) is 1. The molecule has 0 unspecified atom stereocenters. The number of carboxylic acid groups (broad SMARTS) is 1. The van der Waals surface area contributed by atoms with Crippen LogP contribution in [0.25, 0.3) is 0 Å². The smallest absolute Gasteiger partial charge is 0.352 e. The van der Waals surface area contributed by atoms with Gasteiger partial charge in [-0.2, -0.15) is 0 Å². The molecule has 1 N–H and O–H groups in total. The lowest BCUT2D eigenvalue weighted by molar-refractivity contribution is -0.134. The Morgan fingerprint density at radius 1 is 1.80 bits per heavy atom. The fourth-order valence-electron chi connectivity index (χ4n) is 0.838. The van der Waals surface area contributed by atoms with Gasteiger partial charge in [0.05, 0.1) is 0 Å². The normalized spacial score (nSPS) is 16.9. The average Bonchev–Trinajstić information content (AvgIpc) is 1.88. The highest BCUT2D eigenvalue weighted by Crippen LogP contribution is 2.05. The van der Waals surface area contributed by atoms with Gasteiger partial charge in [0.2, 0.25) is 0 Å². The molecule has 0 saturated carbocycles. The molecule has 0 saturated heterocycles. The molecule has 0 aromatic rings. The number of carboxylic acids is 1. The molecule has 1 heterocycles. The minimum absolute atomic E-state index is 0.350. The zero-order valence-corrected chi connectivity index (χ0v) is 5.74. The SMILES string of the molecule is CN1CC=CC=C1C(=O)O. The number of hydrogen-bond acceptors (Lipinski definition) is 2. The summed E-state index contributed by atoms with van der Waals surface area (Å²) in [6.45, 7) is 0.679. The van der Waals surface area contributed by atoms with Crippen molar-refractivity contribution in [2.75, 3.05) is 13.6 Å². The van der Waals surface area contributed by atoms with E-state index in [1.807, 2.05) is 6.08 Å². The van der Waals surface area contributed by atoms with E-state index in [1.54, 1.807) is 24.1 Å². The predicted octanol–water partition coefficient (Wildman–Crippen LogP) is 0.456. The summed E-state index contributed by atoms with van der Waals surface area (Å²) < 4.78 is 0. The summed E-state index contributed by atoms with van der Waals surface area (Å²) in [6.07, 6.45) is 5.25. The lowest BCUT2D eigenvalue weighted by Gasteiger charge is -2.19. The molecule has 1 aliphatic rings. The Balaban J connectivity index is 2.80. The van der Waals surface area contributed by atoms with Gasteiger partial charge in [-0.1, -0.05) is 12.2 Å². The summed E-state index contributed by atoms with van der Waals surface area (Å²) in [6, 6.07) is 0. The van der Waals surface area contributed by atoms with E-state index >= 15 is 0 Å². The van der Waals surface area contributed by atoms with Crippen molar-refractivity contribution in [1.29, 1.82) is 0 Å². The molecule has 0 atom stereocenters. The summed E-state index contributed by atoms with van der Waals surface area (Å²) in [5, 5.41) is 8.56. The Morgan fingerprint density at radius 3 is 2.90 bits per heavy atom. The molecular weight excluding hydrogens is 130 g/mol. The molecule has 0 fully saturated rings. The molecule has 0 amide bonds. The van der Waals surface area contributed by atoms with E-state index in [1.165, 1.54) is 0 Å². The molecule has 0 radical (unpaired) electrons. The molecule has 3 nitrogen and oxygen atoms in total. The molecular formula is C7H9NO2. The Bertz CT molecular complexity index is 206. The Hall–Kier alpha value is -1.25. The van der Waals surface area contributed by atoms with E-state index in [2.05, 4.69) is 0 Å². The van der Waals surface area contributed by atoms with Gasteiger partial charge in [-0.3, -0.25) is 0 Å². The van der Waals surface area contributed by atoms with Gasteiger partial charge in [0, 0.05) is 13.6 Å². The molecule has 10 heavy (non-hydrogen) atoms. The van der Waals surface area contributed by atoms with Gasteiger partial charge in [0.15, 0.2) is 0 Å². The third-order valence-corrected chi connectivity index (χ3v) is 1.40. The first-order valence-corrected chi connectivity index (χ1v) is 3.03. The minimum Gasteiger partial charge on any atom is -0.477 e. The molecule has 1 aliphatic heterocycles. The summed E-state index contributed by atoms with van der Waals surface area (Å²) in [5.74, 6) is -0.869. The first kappa shape index (κ1) is 6.86. The van der Waals surface area contributed by atoms with E-state index in [4.69, 9.17) is 5.11 Å². The van der Waals surface area contributed by atoms with E-state index in [0.717, 1.165) is 0 Å².